The van der Waals surface area contributed by atoms with E-state index in [1.807, 2.05) is 20.8 Å². The molecule has 0 amide bonds. The smallest absolute Gasteiger partial charge is 0.119 e. The number of benzene rings is 2. The highest BCUT2D eigenvalue weighted by molar-refractivity contribution is 5.80. The van der Waals surface area contributed by atoms with Crippen molar-refractivity contribution in [3.63, 3.8) is 0 Å². The Morgan fingerprint density at radius 2 is 1.76 bits per heavy atom. The van der Waals surface area contributed by atoms with Crippen LogP contribution >= 0.6 is 0 Å². The summed E-state index contributed by atoms with van der Waals surface area (Å²) < 4.78 is 5.97. The number of nitrogens with one attached hydrogen (secondary N) is 1. The first-order chi connectivity index (χ1) is 16.4. The molecule has 180 valence electrons. The highest BCUT2D eigenvalue weighted by Gasteiger charge is 2.22. The van der Waals surface area contributed by atoms with Gasteiger partial charge in [0.1, 0.15) is 5.75 Å². The molecule has 0 atom stereocenters. The first-order valence-electron chi connectivity index (χ1n) is 12.5. The van der Waals surface area contributed by atoms with E-state index in [9.17, 15) is 0 Å². The van der Waals surface area contributed by atoms with Crippen LogP contribution in [0.3, 0.4) is 0 Å². The molecule has 0 radical (unpaired) electrons. The second-order valence-electron chi connectivity index (χ2n) is 10.1. The number of aliphatic imine (C=N–C) groups is 1. The summed E-state index contributed by atoms with van der Waals surface area (Å²) in [6, 6.07) is 15.6. The van der Waals surface area contributed by atoms with E-state index in [0.29, 0.717) is 0 Å². The molecule has 1 fully saturated rings. The number of nitrogens with zero attached hydrogens (tertiary/aromatic N) is 2. The van der Waals surface area contributed by atoms with Crippen LogP contribution in [-0.4, -0.2) is 23.8 Å². The van der Waals surface area contributed by atoms with Gasteiger partial charge in [0.25, 0.3) is 0 Å². The molecule has 2 aromatic rings. The predicted molar refractivity (Wildman–Crippen MR) is 142 cm³/mol. The number of fused-ring (bicyclic) bond motifs is 1. The monoisotopic (exact) mass is 457 g/mol. The molecule has 4 heteroatoms. The molecule has 1 heterocycles. The molecule has 4 rings (SSSR count). The number of hydrogen-bond acceptors (Lipinski definition) is 4. The summed E-state index contributed by atoms with van der Waals surface area (Å²) in [5.74, 6) is 1.84. The van der Waals surface area contributed by atoms with Crippen molar-refractivity contribution >= 4 is 5.71 Å². The van der Waals surface area contributed by atoms with Gasteiger partial charge >= 0.3 is 0 Å². The molecule has 0 unspecified atom stereocenters. The van der Waals surface area contributed by atoms with E-state index in [2.05, 4.69) is 71.2 Å². The summed E-state index contributed by atoms with van der Waals surface area (Å²) in [6.45, 7) is 17.0. The molecule has 1 N–H and O–H groups in total. The third-order valence-corrected chi connectivity index (χ3v) is 6.77. The fourth-order valence-corrected chi connectivity index (χ4v) is 4.31. The van der Waals surface area contributed by atoms with Crippen LogP contribution in [-0.2, 0) is 26.1 Å². The van der Waals surface area contributed by atoms with Crippen molar-refractivity contribution in [3.8, 4) is 5.75 Å². The molecular formula is C30H39N3O. The van der Waals surface area contributed by atoms with Gasteiger partial charge in [0.05, 0.1) is 6.61 Å². The van der Waals surface area contributed by atoms with Crippen molar-refractivity contribution in [3.05, 3.63) is 88.3 Å². The summed E-state index contributed by atoms with van der Waals surface area (Å²) in [5, 5.41) is 3.45. The summed E-state index contributed by atoms with van der Waals surface area (Å²) in [4.78, 5) is 7.08. The van der Waals surface area contributed by atoms with Crippen molar-refractivity contribution in [1.82, 2.24) is 10.2 Å². The van der Waals surface area contributed by atoms with E-state index in [-0.39, 0.29) is 0 Å². The van der Waals surface area contributed by atoms with Crippen molar-refractivity contribution in [2.24, 2.45) is 10.9 Å². The lowest BCUT2D eigenvalue weighted by Crippen LogP contribution is -2.30. The Balaban J connectivity index is 1.27. The van der Waals surface area contributed by atoms with Crippen LogP contribution in [0.4, 0.5) is 0 Å². The third-order valence-electron chi connectivity index (χ3n) is 6.77. The van der Waals surface area contributed by atoms with E-state index in [4.69, 9.17) is 4.74 Å². The van der Waals surface area contributed by atoms with E-state index in [1.165, 1.54) is 35.1 Å². The highest BCUT2D eigenvalue weighted by atomic mass is 16.5. The SMILES string of the molecule is C=C(NCc1ccc(CN2CCc3cc(OCC4CC4)ccc3C2)cc1)/C(C)=C(\C)N=C(C)C. The van der Waals surface area contributed by atoms with Gasteiger partial charge in [-0.2, -0.15) is 0 Å². The molecule has 34 heavy (non-hydrogen) atoms. The Morgan fingerprint density at radius 3 is 2.47 bits per heavy atom. The predicted octanol–water partition coefficient (Wildman–Crippen LogP) is 6.41. The molecular weight excluding hydrogens is 418 g/mol. The zero-order valence-corrected chi connectivity index (χ0v) is 21.3. The second-order valence-corrected chi connectivity index (χ2v) is 10.1. The third kappa shape index (κ3) is 6.83. The summed E-state index contributed by atoms with van der Waals surface area (Å²) >= 11 is 0. The number of hydrogen-bond donors (Lipinski definition) is 1. The topological polar surface area (TPSA) is 36.9 Å². The molecule has 0 aromatic heterocycles. The molecule has 0 saturated heterocycles. The largest absolute Gasteiger partial charge is 0.493 e. The molecule has 4 nitrogen and oxygen atoms in total. The van der Waals surface area contributed by atoms with E-state index < -0.39 is 0 Å². The van der Waals surface area contributed by atoms with Crippen molar-refractivity contribution in [2.75, 3.05) is 13.2 Å². The fourth-order valence-electron chi connectivity index (χ4n) is 4.31. The number of ether oxygens (including phenoxy) is 1. The second kappa shape index (κ2) is 11.1. The Labute approximate surface area is 205 Å². The average Bonchev–Trinajstić information content (AvgIpc) is 3.65. The maximum Gasteiger partial charge on any atom is 0.119 e. The lowest BCUT2D eigenvalue weighted by Gasteiger charge is -2.29. The minimum absolute atomic E-state index is 0.765. The van der Waals surface area contributed by atoms with E-state index in [1.54, 1.807) is 0 Å². The minimum atomic E-state index is 0.765. The highest BCUT2D eigenvalue weighted by Crippen LogP contribution is 2.31. The van der Waals surface area contributed by atoms with Gasteiger partial charge in [0.2, 0.25) is 0 Å². The Kier molecular flexibility index (Phi) is 7.89. The first-order valence-corrected chi connectivity index (χ1v) is 12.5. The van der Waals surface area contributed by atoms with Gasteiger partial charge in [-0.3, -0.25) is 9.89 Å². The fraction of sp³-hybridized carbons (Fsp3) is 0.433. The van der Waals surface area contributed by atoms with Crippen LogP contribution in [0.25, 0.3) is 0 Å². The van der Waals surface area contributed by atoms with Gasteiger partial charge in [0, 0.05) is 43.3 Å². The van der Waals surface area contributed by atoms with Crippen LogP contribution < -0.4 is 10.1 Å². The van der Waals surface area contributed by atoms with E-state index >= 15 is 0 Å². The molecule has 1 aliphatic heterocycles. The number of rotatable bonds is 10. The standard InChI is InChI=1S/C30H39N3O/c1-21(2)32-24(5)22(3)23(4)31-17-25-6-8-26(9-7-25)18-33-15-14-28-16-30(13-12-29(28)19-33)34-20-27-10-11-27/h6-9,12-13,16,27,31H,4,10-11,14-15,17-20H2,1-3,5H3/b24-22+. The summed E-state index contributed by atoms with van der Waals surface area (Å²) in [7, 11) is 0. The summed E-state index contributed by atoms with van der Waals surface area (Å²) in [6.07, 6.45) is 3.75. The summed E-state index contributed by atoms with van der Waals surface area (Å²) in [5.41, 5.74) is 9.60. The van der Waals surface area contributed by atoms with Gasteiger partial charge in [-0.05, 0) is 92.8 Å². The minimum Gasteiger partial charge on any atom is -0.493 e. The molecule has 2 aliphatic rings. The van der Waals surface area contributed by atoms with Gasteiger partial charge < -0.3 is 10.1 Å². The van der Waals surface area contributed by atoms with Gasteiger partial charge in [0.15, 0.2) is 0 Å². The molecule has 0 bridgehead atoms. The van der Waals surface area contributed by atoms with Crippen LogP contribution in [0, 0.1) is 5.92 Å². The maximum atomic E-state index is 5.97. The molecule has 1 saturated carbocycles. The van der Waals surface area contributed by atoms with Crippen molar-refractivity contribution in [2.45, 2.75) is 66.6 Å². The van der Waals surface area contributed by atoms with Crippen LogP contribution in [0.15, 0.2) is 71.0 Å². The lowest BCUT2D eigenvalue weighted by molar-refractivity contribution is 0.244. The Morgan fingerprint density at radius 1 is 1.03 bits per heavy atom. The van der Waals surface area contributed by atoms with Crippen LogP contribution in [0.1, 0.15) is 62.8 Å². The van der Waals surface area contributed by atoms with Gasteiger partial charge in [-0.25, -0.2) is 0 Å². The van der Waals surface area contributed by atoms with Gasteiger partial charge in [-0.15, -0.1) is 0 Å². The molecule has 0 spiro atoms. The van der Waals surface area contributed by atoms with Crippen LogP contribution in [0.2, 0.25) is 0 Å². The van der Waals surface area contributed by atoms with Crippen molar-refractivity contribution < 1.29 is 4.74 Å². The molecule has 2 aromatic carbocycles. The molecule has 1 aliphatic carbocycles. The lowest BCUT2D eigenvalue weighted by atomic mass is 9.99. The Bertz CT molecular complexity index is 1070. The van der Waals surface area contributed by atoms with Crippen molar-refractivity contribution in [1.29, 1.82) is 0 Å². The quantitative estimate of drug-likeness (QED) is 0.331. The first kappa shape index (κ1) is 24.3. The zero-order valence-electron chi connectivity index (χ0n) is 21.3. The van der Waals surface area contributed by atoms with Gasteiger partial charge in [-0.1, -0.05) is 36.9 Å². The Hall–Kier alpha value is -2.85. The normalized spacial score (nSPS) is 16.4. The number of allylic oxidation sites excluding steroid dienone is 2. The average molecular weight is 458 g/mol. The zero-order chi connectivity index (χ0) is 24.1. The maximum absolute atomic E-state index is 5.97. The van der Waals surface area contributed by atoms with Crippen LogP contribution in [0.5, 0.6) is 5.75 Å². The van der Waals surface area contributed by atoms with E-state index in [0.717, 1.165) is 73.6 Å².